The molecular weight excluding hydrogens is 460 g/mol. The van der Waals surface area contributed by atoms with Gasteiger partial charge in [0.25, 0.3) is 0 Å². The van der Waals surface area contributed by atoms with Gasteiger partial charge in [0.15, 0.2) is 5.78 Å². The molecular formula is C27H35ClN6O. The van der Waals surface area contributed by atoms with Crippen LogP contribution < -0.4 is 5.32 Å². The number of aliphatic imine (C=N–C) groups is 1. The Hall–Kier alpha value is -3.03. The van der Waals surface area contributed by atoms with E-state index >= 15 is 0 Å². The summed E-state index contributed by atoms with van der Waals surface area (Å²) in [7, 11) is 2.21. The van der Waals surface area contributed by atoms with Crippen molar-refractivity contribution in [3.63, 3.8) is 0 Å². The summed E-state index contributed by atoms with van der Waals surface area (Å²) >= 11 is 6.36. The lowest BCUT2D eigenvalue weighted by Crippen LogP contribution is -2.18. The number of allylic oxidation sites excluding steroid dienone is 1. The Bertz CT molecular complexity index is 1190. The summed E-state index contributed by atoms with van der Waals surface area (Å²) in [6.07, 6.45) is 12.0. The molecule has 1 aromatic carbocycles. The minimum Gasteiger partial charge on any atom is -0.351 e. The van der Waals surface area contributed by atoms with Crippen LogP contribution in [-0.2, 0) is 0 Å². The number of carbonyl (C=O) groups excluding carboxylic acids is 1. The van der Waals surface area contributed by atoms with E-state index in [9.17, 15) is 4.79 Å². The molecule has 0 spiro atoms. The maximum Gasteiger partial charge on any atom is 0.227 e. The molecule has 186 valence electrons. The Morgan fingerprint density at radius 1 is 1.23 bits per heavy atom. The van der Waals surface area contributed by atoms with Crippen LogP contribution in [-0.4, -0.2) is 52.0 Å². The minimum absolute atomic E-state index is 0.0423. The van der Waals surface area contributed by atoms with Gasteiger partial charge < -0.3 is 15.2 Å². The predicted octanol–water partition coefficient (Wildman–Crippen LogP) is 6.89. The summed E-state index contributed by atoms with van der Waals surface area (Å²) in [4.78, 5) is 30.3. The molecule has 0 amide bonds. The second-order valence-corrected chi connectivity index (χ2v) is 9.07. The zero-order valence-electron chi connectivity index (χ0n) is 21.1. The first-order valence-electron chi connectivity index (χ1n) is 12.2. The van der Waals surface area contributed by atoms with Crippen molar-refractivity contribution < 1.29 is 4.79 Å². The van der Waals surface area contributed by atoms with Crippen LogP contribution in [0.15, 0.2) is 41.5 Å². The molecule has 1 aliphatic heterocycles. The molecule has 0 bridgehead atoms. The number of aromatic amines is 1. The number of aromatic nitrogens is 3. The molecule has 1 fully saturated rings. The molecule has 0 saturated carbocycles. The van der Waals surface area contributed by atoms with E-state index in [0.717, 1.165) is 34.4 Å². The Morgan fingerprint density at radius 3 is 2.63 bits per heavy atom. The molecule has 7 nitrogen and oxygen atoms in total. The highest BCUT2D eigenvalue weighted by Crippen LogP contribution is 2.29. The number of fused-ring (bicyclic) bond motifs is 1. The topological polar surface area (TPSA) is 86.3 Å². The van der Waals surface area contributed by atoms with Crippen molar-refractivity contribution in [2.24, 2.45) is 4.99 Å². The number of carbonyl (C=O) groups is 1. The fourth-order valence-electron chi connectivity index (χ4n) is 3.86. The monoisotopic (exact) mass is 494 g/mol. The average molecular weight is 495 g/mol. The number of likely N-dealkylation sites (tertiary alicyclic amines) is 1. The van der Waals surface area contributed by atoms with Crippen molar-refractivity contribution in [2.75, 3.05) is 25.5 Å². The van der Waals surface area contributed by atoms with Gasteiger partial charge in [0, 0.05) is 30.4 Å². The maximum atomic E-state index is 11.6. The lowest BCUT2D eigenvalue weighted by atomic mass is 10.2. The Kier molecular flexibility index (Phi) is 9.99. The summed E-state index contributed by atoms with van der Waals surface area (Å²) in [6.45, 7) is 8.10. The highest BCUT2D eigenvalue weighted by Gasteiger charge is 2.11. The largest absolute Gasteiger partial charge is 0.351 e. The van der Waals surface area contributed by atoms with Crippen molar-refractivity contribution in [1.82, 2.24) is 19.9 Å². The van der Waals surface area contributed by atoms with E-state index < -0.39 is 0 Å². The van der Waals surface area contributed by atoms with Gasteiger partial charge >= 0.3 is 0 Å². The number of ketones is 1. The fraction of sp³-hybridized carbons (Fsp3) is 0.407. The minimum atomic E-state index is -0.0423. The number of rotatable bonds is 6. The van der Waals surface area contributed by atoms with Gasteiger partial charge in [0.05, 0.1) is 27.6 Å². The third-order valence-electron chi connectivity index (χ3n) is 5.75. The first-order valence-corrected chi connectivity index (χ1v) is 12.6. The molecule has 35 heavy (non-hydrogen) atoms. The number of Topliss-reactive ketones (excluding diaryl/α,β-unsaturated/α-hetero) is 1. The summed E-state index contributed by atoms with van der Waals surface area (Å²) in [6, 6.07) is 7.26. The molecule has 8 heteroatoms. The molecule has 0 unspecified atom stereocenters. The van der Waals surface area contributed by atoms with E-state index in [1.165, 1.54) is 45.7 Å². The Morgan fingerprint density at radius 2 is 1.97 bits per heavy atom. The van der Waals surface area contributed by atoms with Crippen LogP contribution in [0.5, 0.6) is 0 Å². The molecule has 3 aromatic rings. The molecule has 2 N–H and O–H groups in total. The zero-order chi connectivity index (χ0) is 25.2. The summed E-state index contributed by atoms with van der Waals surface area (Å²) in [5, 5.41) is 4.52. The Balaban J connectivity index is 0.000000363. The zero-order valence-corrected chi connectivity index (χ0v) is 21.8. The number of benzene rings is 1. The standard InChI is InChI=1S/C20H20ClN5O.C7H15N/c1-4-7-22-16(5-2)17-6-8-23-20(26-17)24-14-9-13-10-18(12(3)27)25-19(13)15(21)11-14;1-8-6-4-2-3-5-7-8/h5-11,25H,4H2,1-3H3,(H,23,24,26);2-7H2,1H3/b16-5-,22-7?;. The molecule has 4 rings (SSSR count). The molecule has 0 radical (unpaired) electrons. The third-order valence-corrected chi connectivity index (χ3v) is 6.05. The average Bonchev–Trinajstić information content (AvgIpc) is 3.14. The Labute approximate surface area is 212 Å². The van der Waals surface area contributed by atoms with E-state index in [-0.39, 0.29) is 5.78 Å². The number of H-pyrrole nitrogens is 1. The maximum absolute atomic E-state index is 11.6. The first kappa shape index (κ1) is 26.6. The van der Waals surface area contributed by atoms with E-state index in [1.54, 1.807) is 18.3 Å². The van der Waals surface area contributed by atoms with Gasteiger partial charge in [-0.25, -0.2) is 9.97 Å². The number of hydrogen-bond acceptors (Lipinski definition) is 6. The molecule has 2 aromatic heterocycles. The number of hydrogen-bond donors (Lipinski definition) is 2. The number of halogens is 1. The molecule has 3 heterocycles. The highest BCUT2D eigenvalue weighted by atomic mass is 35.5. The van der Waals surface area contributed by atoms with E-state index in [0.29, 0.717) is 16.7 Å². The first-order chi connectivity index (χ1) is 16.9. The van der Waals surface area contributed by atoms with E-state index in [4.69, 9.17) is 11.6 Å². The SMILES string of the molecule is C/C=C(\N=CCC)c1ccnc(Nc2cc(Cl)c3[nH]c(C(C)=O)cc3c2)n1.CN1CCCCCC1. The van der Waals surface area contributed by atoms with Crippen LogP contribution in [0.2, 0.25) is 5.02 Å². The van der Waals surface area contributed by atoms with Gasteiger partial charge in [-0.15, -0.1) is 0 Å². The van der Waals surface area contributed by atoms with Gasteiger partial charge in [-0.1, -0.05) is 37.4 Å². The van der Waals surface area contributed by atoms with Crippen LogP contribution in [0.25, 0.3) is 16.6 Å². The van der Waals surface area contributed by atoms with Crippen LogP contribution in [0.3, 0.4) is 0 Å². The quantitative estimate of drug-likeness (QED) is 0.287. The van der Waals surface area contributed by atoms with Crippen LogP contribution >= 0.6 is 11.6 Å². The van der Waals surface area contributed by atoms with Crippen molar-refractivity contribution in [3.8, 4) is 0 Å². The van der Waals surface area contributed by atoms with Crippen molar-refractivity contribution >= 4 is 51.8 Å². The van der Waals surface area contributed by atoms with Gasteiger partial charge in [-0.3, -0.25) is 9.79 Å². The fourth-order valence-corrected chi connectivity index (χ4v) is 4.13. The predicted molar refractivity (Wildman–Crippen MR) is 147 cm³/mol. The van der Waals surface area contributed by atoms with E-state index in [2.05, 4.69) is 37.2 Å². The second-order valence-electron chi connectivity index (χ2n) is 8.66. The van der Waals surface area contributed by atoms with Crippen molar-refractivity contribution in [1.29, 1.82) is 0 Å². The smallest absolute Gasteiger partial charge is 0.227 e. The van der Waals surface area contributed by atoms with E-state index in [1.807, 2.05) is 38.3 Å². The normalized spacial score (nSPS) is 15.1. The molecule has 0 aliphatic carbocycles. The second kappa shape index (κ2) is 13.2. The molecule has 1 aliphatic rings. The lowest BCUT2D eigenvalue weighted by molar-refractivity contribution is 0.101. The number of nitrogens with zero attached hydrogens (tertiary/aromatic N) is 4. The van der Waals surface area contributed by atoms with Crippen LogP contribution in [0, 0.1) is 0 Å². The highest BCUT2D eigenvalue weighted by molar-refractivity contribution is 6.35. The van der Waals surface area contributed by atoms with Gasteiger partial charge in [-0.2, -0.15) is 0 Å². The van der Waals surface area contributed by atoms with Crippen LogP contribution in [0.1, 0.15) is 69.1 Å². The summed E-state index contributed by atoms with van der Waals surface area (Å²) in [5.74, 6) is 0.399. The van der Waals surface area contributed by atoms with Crippen LogP contribution in [0.4, 0.5) is 11.6 Å². The van der Waals surface area contributed by atoms with Gasteiger partial charge in [-0.05, 0) is 70.6 Å². The van der Waals surface area contributed by atoms with Crippen molar-refractivity contribution in [2.45, 2.75) is 52.9 Å². The van der Waals surface area contributed by atoms with Gasteiger partial charge in [0.1, 0.15) is 0 Å². The van der Waals surface area contributed by atoms with Crippen molar-refractivity contribution in [3.05, 3.63) is 52.9 Å². The number of anilines is 2. The molecule has 1 saturated heterocycles. The summed E-state index contributed by atoms with van der Waals surface area (Å²) in [5.41, 5.74) is 3.50. The number of nitrogens with one attached hydrogen (secondary N) is 2. The third kappa shape index (κ3) is 7.73. The summed E-state index contributed by atoms with van der Waals surface area (Å²) < 4.78 is 0. The lowest BCUT2D eigenvalue weighted by Gasteiger charge is -2.10. The van der Waals surface area contributed by atoms with Gasteiger partial charge in [0.2, 0.25) is 5.95 Å². The molecule has 0 atom stereocenters.